The third kappa shape index (κ3) is 2.65. The van der Waals surface area contributed by atoms with Crippen LogP contribution in [-0.2, 0) is 0 Å². The molecule has 3 aromatic rings. The molecule has 0 spiro atoms. The van der Waals surface area contributed by atoms with E-state index in [-0.39, 0.29) is 0 Å². The van der Waals surface area contributed by atoms with Crippen molar-refractivity contribution in [2.45, 2.75) is 25.9 Å². The number of aliphatic hydroxyl groups is 1. The van der Waals surface area contributed by atoms with Crippen LogP contribution in [0.3, 0.4) is 0 Å². The van der Waals surface area contributed by atoms with Gasteiger partial charge in [-0.1, -0.05) is 50.2 Å². The molecule has 3 rings (SSSR count). The number of benzene rings is 2. The van der Waals surface area contributed by atoms with Crippen LogP contribution in [0, 0.1) is 0 Å². The van der Waals surface area contributed by atoms with E-state index in [1.165, 1.54) is 5.56 Å². The molecule has 1 aromatic heterocycles. The summed E-state index contributed by atoms with van der Waals surface area (Å²) in [4.78, 5) is 8.63. The van der Waals surface area contributed by atoms with Crippen molar-refractivity contribution in [3.8, 4) is 0 Å². The zero-order chi connectivity index (χ0) is 14.8. The van der Waals surface area contributed by atoms with Crippen molar-refractivity contribution in [2.75, 3.05) is 0 Å². The van der Waals surface area contributed by atoms with E-state index in [0.29, 0.717) is 5.92 Å². The Bertz CT molecular complexity index is 745. The molecular formula is C18H18N2O. The highest BCUT2D eigenvalue weighted by Gasteiger charge is 2.14. The minimum Gasteiger partial charge on any atom is -0.384 e. The summed E-state index contributed by atoms with van der Waals surface area (Å²) in [5.41, 5.74) is 4.48. The number of para-hydroxylation sites is 1. The lowest BCUT2D eigenvalue weighted by Crippen LogP contribution is -2.02. The van der Waals surface area contributed by atoms with Gasteiger partial charge in [0, 0.05) is 18.0 Å². The molecule has 106 valence electrons. The van der Waals surface area contributed by atoms with Crippen LogP contribution in [0.25, 0.3) is 11.0 Å². The maximum absolute atomic E-state index is 10.7. The Morgan fingerprint density at radius 3 is 2.24 bits per heavy atom. The van der Waals surface area contributed by atoms with Crippen molar-refractivity contribution in [3.05, 3.63) is 71.5 Å². The van der Waals surface area contributed by atoms with Gasteiger partial charge in [0.1, 0.15) is 6.10 Å². The van der Waals surface area contributed by atoms with Crippen molar-refractivity contribution in [3.63, 3.8) is 0 Å². The van der Waals surface area contributed by atoms with Crippen molar-refractivity contribution >= 4 is 11.0 Å². The molecule has 1 N–H and O–H groups in total. The van der Waals surface area contributed by atoms with E-state index in [2.05, 4.69) is 35.9 Å². The molecule has 21 heavy (non-hydrogen) atoms. The summed E-state index contributed by atoms with van der Waals surface area (Å²) < 4.78 is 0. The largest absolute Gasteiger partial charge is 0.384 e. The number of rotatable bonds is 3. The highest BCUT2D eigenvalue weighted by molar-refractivity contribution is 5.78. The van der Waals surface area contributed by atoms with E-state index < -0.39 is 6.10 Å². The summed E-state index contributed by atoms with van der Waals surface area (Å²) in [7, 11) is 0. The minimum atomic E-state index is -0.688. The molecule has 1 atom stereocenters. The Kier molecular flexibility index (Phi) is 3.67. The Morgan fingerprint density at radius 2 is 1.52 bits per heavy atom. The van der Waals surface area contributed by atoms with Gasteiger partial charge in [-0.3, -0.25) is 9.97 Å². The number of aliphatic hydroxyl groups excluding tert-OH is 1. The number of aromatic nitrogens is 2. The topological polar surface area (TPSA) is 46.0 Å². The molecule has 0 amide bonds. The quantitative estimate of drug-likeness (QED) is 0.792. The second-order valence-electron chi connectivity index (χ2n) is 5.50. The van der Waals surface area contributed by atoms with E-state index in [4.69, 9.17) is 0 Å². The average Bonchev–Trinajstić information content (AvgIpc) is 2.53. The fourth-order valence-corrected chi connectivity index (χ4v) is 2.48. The second kappa shape index (κ2) is 5.62. The van der Waals surface area contributed by atoms with Gasteiger partial charge in [-0.15, -0.1) is 0 Å². The lowest BCUT2D eigenvalue weighted by molar-refractivity contribution is 0.221. The molecule has 0 saturated heterocycles. The van der Waals surface area contributed by atoms with Gasteiger partial charge in [0.15, 0.2) is 0 Å². The van der Waals surface area contributed by atoms with Crippen molar-refractivity contribution in [1.82, 2.24) is 9.97 Å². The Hall–Kier alpha value is -2.26. The molecule has 1 unspecified atom stereocenters. The van der Waals surface area contributed by atoms with Gasteiger partial charge in [0.05, 0.1) is 11.0 Å². The first-order valence-electron chi connectivity index (χ1n) is 7.14. The first-order chi connectivity index (χ1) is 10.2. The summed E-state index contributed by atoms with van der Waals surface area (Å²) in [6.45, 7) is 4.32. The summed E-state index contributed by atoms with van der Waals surface area (Å²) in [6.07, 6.45) is 2.63. The summed E-state index contributed by atoms with van der Waals surface area (Å²) in [5.74, 6) is 0.486. The standard InChI is InChI=1S/C18H18N2O/c1-12(2)13-6-8-14(9-7-13)18(21)15-4-3-5-16-17(15)20-11-10-19-16/h3-12,18,21H,1-2H3. The van der Waals surface area contributed by atoms with Crippen molar-refractivity contribution in [1.29, 1.82) is 0 Å². The number of hydrogen-bond donors (Lipinski definition) is 1. The Balaban J connectivity index is 2.02. The zero-order valence-electron chi connectivity index (χ0n) is 12.2. The van der Waals surface area contributed by atoms with Gasteiger partial charge in [0.2, 0.25) is 0 Å². The number of fused-ring (bicyclic) bond motifs is 1. The van der Waals surface area contributed by atoms with Crippen LogP contribution in [0.5, 0.6) is 0 Å². The molecule has 0 aliphatic heterocycles. The fraction of sp³-hybridized carbons (Fsp3) is 0.222. The lowest BCUT2D eigenvalue weighted by atomic mass is 9.96. The van der Waals surface area contributed by atoms with Crippen LogP contribution < -0.4 is 0 Å². The predicted molar refractivity (Wildman–Crippen MR) is 84.1 cm³/mol. The van der Waals surface area contributed by atoms with E-state index >= 15 is 0 Å². The van der Waals surface area contributed by atoms with Crippen molar-refractivity contribution < 1.29 is 5.11 Å². The van der Waals surface area contributed by atoms with Crippen LogP contribution in [0.2, 0.25) is 0 Å². The smallest absolute Gasteiger partial charge is 0.106 e. The number of nitrogens with zero attached hydrogens (tertiary/aromatic N) is 2. The first-order valence-corrected chi connectivity index (χ1v) is 7.14. The van der Waals surface area contributed by atoms with E-state index in [1.807, 2.05) is 30.3 Å². The SMILES string of the molecule is CC(C)c1ccc(C(O)c2cccc3nccnc23)cc1. The van der Waals surface area contributed by atoms with Gasteiger partial charge in [0.25, 0.3) is 0 Å². The highest BCUT2D eigenvalue weighted by atomic mass is 16.3. The molecule has 3 nitrogen and oxygen atoms in total. The van der Waals surface area contributed by atoms with Crippen LogP contribution in [0.15, 0.2) is 54.9 Å². The molecule has 0 aliphatic rings. The predicted octanol–water partition coefficient (Wildman–Crippen LogP) is 3.83. The Morgan fingerprint density at radius 1 is 0.857 bits per heavy atom. The van der Waals surface area contributed by atoms with Gasteiger partial charge in [-0.2, -0.15) is 0 Å². The molecule has 0 aliphatic carbocycles. The summed E-state index contributed by atoms with van der Waals surface area (Å²) in [5, 5.41) is 10.7. The van der Waals surface area contributed by atoms with Gasteiger partial charge < -0.3 is 5.11 Å². The van der Waals surface area contributed by atoms with Crippen molar-refractivity contribution in [2.24, 2.45) is 0 Å². The fourth-order valence-electron chi connectivity index (χ4n) is 2.48. The third-order valence-electron chi connectivity index (χ3n) is 3.74. The normalized spacial score (nSPS) is 12.8. The van der Waals surface area contributed by atoms with Crippen LogP contribution in [0.4, 0.5) is 0 Å². The molecule has 1 heterocycles. The Labute approximate surface area is 124 Å². The van der Waals surface area contributed by atoms with Gasteiger partial charge in [-0.25, -0.2) is 0 Å². The molecule has 0 radical (unpaired) electrons. The maximum Gasteiger partial charge on any atom is 0.106 e. The van der Waals surface area contributed by atoms with E-state index in [1.54, 1.807) is 12.4 Å². The summed E-state index contributed by atoms with van der Waals surface area (Å²) in [6, 6.07) is 13.8. The summed E-state index contributed by atoms with van der Waals surface area (Å²) >= 11 is 0. The third-order valence-corrected chi connectivity index (χ3v) is 3.74. The highest BCUT2D eigenvalue weighted by Crippen LogP contribution is 2.27. The van der Waals surface area contributed by atoms with Gasteiger partial charge >= 0.3 is 0 Å². The van der Waals surface area contributed by atoms with E-state index in [9.17, 15) is 5.11 Å². The lowest BCUT2D eigenvalue weighted by Gasteiger charge is -2.14. The monoisotopic (exact) mass is 278 g/mol. The molecule has 0 fully saturated rings. The maximum atomic E-state index is 10.7. The molecule has 3 heteroatoms. The van der Waals surface area contributed by atoms with Crippen LogP contribution >= 0.6 is 0 Å². The minimum absolute atomic E-state index is 0.486. The van der Waals surface area contributed by atoms with E-state index in [0.717, 1.165) is 22.2 Å². The molecule has 0 bridgehead atoms. The average molecular weight is 278 g/mol. The second-order valence-corrected chi connectivity index (χ2v) is 5.50. The van der Waals surface area contributed by atoms with Crippen LogP contribution in [0.1, 0.15) is 42.6 Å². The number of hydrogen-bond acceptors (Lipinski definition) is 3. The molecule has 2 aromatic carbocycles. The molecular weight excluding hydrogens is 260 g/mol. The zero-order valence-corrected chi connectivity index (χ0v) is 12.2. The first kappa shape index (κ1) is 13.7. The molecule has 0 saturated carbocycles. The van der Waals surface area contributed by atoms with Gasteiger partial charge in [-0.05, 0) is 23.1 Å². The van der Waals surface area contributed by atoms with Crippen LogP contribution in [-0.4, -0.2) is 15.1 Å².